The zero-order valence-corrected chi connectivity index (χ0v) is 40.0. The molecular weight excluding hydrogens is 931 g/mol. The average molecular weight is 980 g/mol. The molecule has 0 saturated carbocycles. The maximum Gasteiger partial charge on any atom is 0.408 e. The topological polar surface area (TPSA) is 161 Å². The number of alkyl halides is 3. The largest absolute Gasteiger partial charge is 0.507 e. The summed E-state index contributed by atoms with van der Waals surface area (Å²) < 4.78 is 39.3. The summed E-state index contributed by atoms with van der Waals surface area (Å²) in [5.41, 5.74) is 9.14. The molecule has 2 bridgehead atoms. The van der Waals surface area contributed by atoms with Gasteiger partial charge < -0.3 is 43.6 Å². The standard InChI is InChI=1S/C48H49Cl3N4O10S/c1-24-14-26-15-34-36(17-52)55-35(40(54(34)3)38(26)44(42(24)60-5)63-22-59-4)16-31-39(45-43(64-23-65-45)25(2)41(31)56)37(55)18-61-46(57)33(53-47(58)62-21-48(49,50)51)20-66-19-32-29-12-8-6-10-27(29)28-11-7-9-13-30(28)32/h6-14,32-37,40,56H,15-16,18-23H2,1-5H3,(H,53,58)/t33-,34?,35?,36+,37+,40+/m1/s1. The molecule has 4 aromatic carbocycles. The molecule has 2 N–H and O–H groups in total. The molecule has 4 aromatic rings. The number of esters is 1. The number of fused-ring (bicyclic) bond motifs is 12. The first-order valence-electron chi connectivity index (χ1n) is 21.5. The van der Waals surface area contributed by atoms with Crippen LogP contribution in [0.3, 0.4) is 0 Å². The number of alkyl carbamates (subject to hydrolysis) is 1. The van der Waals surface area contributed by atoms with Gasteiger partial charge >= 0.3 is 12.1 Å². The summed E-state index contributed by atoms with van der Waals surface area (Å²) in [5.74, 6) is 1.93. The van der Waals surface area contributed by atoms with Crippen LogP contribution in [0.2, 0.25) is 0 Å². The van der Waals surface area contributed by atoms with E-state index in [1.54, 1.807) is 21.1 Å². The van der Waals surface area contributed by atoms with Crippen molar-refractivity contribution >= 4 is 58.6 Å². The molecule has 18 heteroatoms. The number of nitrogens with one attached hydrogen (secondary N) is 1. The number of phenols is 1. The van der Waals surface area contributed by atoms with E-state index in [1.807, 2.05) is 38.2 Å². The van der Waals surface area contributed by atoms with Gasteiger partial charge in [0.15, 0.2) is 29.8 Å². The maximum atomic E-state index is 14.6. The SMILES string of the molecule is COCOc1c(OC)c(C)cc2c1[C@@H]1C3Cc4c(O)c(C)c5c(c4[C@H](COC(=O)[C@@H](CSCC4c6ccccc6-c6ccccc64)NC(=O)OCC(Cl)(Cl)Cl)N3[C@@H](C#N)C(C2)N1C)OCO5. The number of ether oxygens (including phenoxy) is 7. The van der Waals surface area contributed by atoms with Crippen molar-refractivity contribution in [2.45, 2.75) is 72.7 Å². The monoisotopic (exact) mass is 978 g/mol. The molecule has 0 aromatic heterocycles. The van der Waals surface area contributed by atoms with Gasteiger partial charge in [-0.25, -0.2) is 9.59 Å². The summed E-state index contributed by atoms with van der Waals surface area (Å²) in [6.45, 7) is 2.77. The molecule has 1 saturated heterocycles. The van der Waals surface area contributed by atoms with Crippen molar-refractivity contribution in [2.75, 3.05) is 59.6 Å². The number of aryl methyl sites for hydroxylation is 1. The number of benzene rings is 4. The zero-order chi connectivity index (χ0) is 46.6. The molecule has 0 radical (unpaired) electrons. The number of hydrogen-bond acceptors (Lipinski definition) is 14. The number of nitrogens with zero attached hydrogens (tertiary/aromatic N) is 3. The highest BCUT2D eigenvalue weighted by Gasteiger charge is 2.57. The molecule has 2 unspecified atom stereocenters. The third-order valence-electron chi connectivity index (χ3n) is 13.5. The Morgan fingerprint density at radius 3 is 2.35 bits per heavy atom. The second-order valence-electron chi connectivity index (χ2n) is 17.1. The predicted octanol–water partition coefficient (Wildman–Crippen LogP) is 8.05. The minimum atomic E-state index is -1.88. The Kier molecular flexibility index (Phi) is 13.1. The Morgan fingerprint density at radius 2 is 1.68 bits per heavy atom. The second kappa shape index (κ2) is 18.7. The minimum absolute atomic E-state index is 0.0274. The molecule has 348 valence electrons. The van der Waals surface area contributed by atoms with Crippen LogP contribution in [0, 0.1) is 25.2 Å². The Morgan fingerprint density at radius 1 is 0.985 bits per heavy atom. The van der Waals surface area contributed by atoms with Crippen LogP contribution in [0.5, 0.6) is 28.7 Å². The fraction of sp³-hybridized carbons (Fsp3) is 0.438. The molecule has 66 heavy (non-hydrogen) atoms. The number of thioether (sulfide) groups is 1. The summed E-state index contributed by atoms with van der Waals surface area (Å²) in [6, 6.07) is 17.3. The van der Waals surface area contributed by atoms with Crippen LogP contribution in [-0.2, 0) is 31.8 Å². The number of amides is 1. The predicted molar refractivity (Wildman–Crippen MR) is 249 cm³/mol. The summed E-state index contributed by atoms with van der Waals surface area (Å²) in [7, 11) is 5.15. The molecule has 14 nitrogen and oxygen atoms in total. The number of carbonyl (C=O) groups excluding carboxylic acids is 2. The number of nitriles is 1. The number of aromatic hydroxyl groups is 1. The van der Waals surface area contributed by atoms with Crippen LogP contribution < -0.4 is 24.3 Å². The first-order chi connectivity index (χ1) is 31.8. The van der Waals surface area contributed by atoms with E-state index in [0.29, 0.717) is 58.3 Å². The smallest absolute Gasteiger partial charge is 0.408 e. The van der Waals surface area contributed by atoms with Gasteiger partial charge in [0.05, 0.1) is 25.3 Å². The first kappa shape index (κ1) is 46.3. The molecule has 9 rings (SSSR count). The van der Waals surface area contributed by atoms with Crippen molar-refractivity contribution in [3.8, 4) is 45.9 Å². The number of carbonyl (C=O) groups is 2. The fourth-order valence-electron chi connectivity index (χ4n) is 10.7. The van der Waals surface area contributed by atoms with Gasteiger partial charge in [-0.15, -0.1) is 0 Å². The van der Waals surface area contributed by atoms with Crippen molar-refractivity contribution in [1.29, 1.82) is 5.26 Å². The maximum absolute atomic E-state index is 14.6. The van der Waals surface area contributed by atoms with Gasteiger partial charge in [-0.2, -0.15) is 17.0 Å². The van der Waals surface area contributed by atoms with Crippen LogP contribution in [-0.4, -0.2) is 115 Å². The number of halogens is 3. The van der Waals surface area contributed by atoms with Gasteiger partial charge in [0.2, 0.25) is 10.6 Å². The lowest BCUT2D eigenvalue weighted by Gasteiger charge is -2.59. The van der Waals surface area contributed by atoms with Crippen molar-refractivity contribution < 1.29 is 47.9 Å². The van der Waals surface area contributed by atoms with E-state index in [0.717, 1.165) is 27.8 Å². The molecule has 6 atom stereocenters. The van der Waals surface area contributed by atoms with E-state index in [2.05, 4.69) is 51.5 Å². The molecule has 4 aliphatic heterocycles. The highest BCUT2D eigenvalue weighted by molar-refractivity contribution is 7.99. The summed E-state index contributed by atoms with van der Waals surface area (Å²) in [6.07, 6.45) is -0.172. The highest BCUT2D eigenvalue weighted by atomic mass is 35.6. The average Bonchev–Trinajstić information content (AvgIpc) is 3.91. The summed E-state index contributed by atoms with van der Waals surface area (Å²) in [4.78, 5) is 32.1. The number of hydrogen-bond donors (Lipinski definition) is 2. The van der Waals surface area contributed by atoms with Crippen molar-refractivity contribution in [3.63, 3.8) is 0 Å². The Bertz CT molecular complexity index is 2560. The highest BCUT2D eigenvalue weighted by Crippen LogP contribution is 2.58. The summed E-state index contributed by atoms with van der Waals surface area (Å²) >= 11 is 19.2. The van der Waals surface area contributed by atoms with Crippen LogP contribution in [0.25, 0.3) is 11.1 Å². The lowest BCUT2D eigenvalue weighted by Crippen LogP contribution is -2.68. The third kappa shape index (κ3) is 8.22. The van der Waals surface area contributed by atoms with Gasteiger partial charge in [0.1, 0.15) is 31.0 Å². The van der Waals surface area contributed by atoms with Gasteiger partial charge in [0.25, 0.3) is 0 Å². The van der Waals surface area contributed by atoms with Gasteiger partial charge in [-0.05, 0) is 67.1 Å². The van der Waals surface area contributed by atoms with Crippen molar-refractivity contribution in [3.05, 3.63) is 99.1 Å². The van der Waals surface area contributed by atoms with Gasteiger partial charge in [-0.1, -0.05) is 89.4 Å². The number of methoxy groups -OCH3 is 2. The van der Waals surface area contributed by atoms with E-state index >= 15 is 0 Å². The molecule has 1 fully saturated rings. The van der Waals surface area contributed by atoms with Gasteiger partial charge in [0, 0.05) is 58.9 Å². The third-order valence-corrected chi connectivity index (χ3v) is 14.9. The van der Waals surface area contributed by atoms with Crippen LogP contribution in [0.4, 0.5) is 4.79 Å². The molecule has 4 heterocycles. The van der Waals surface area contributed by atoms with Crippen LogP contribution >= 0.6 is 46.6 Å². The van der Waals surface area contributed by atoms with E-state index < -0.39 is 46.6 Å². The lowest BCUT2D eigenvalue weighted by molar-refractivity contribution is -0.150. The number of piperazine rings is 1. The van der Waals surface area contributed by atoms with Crippen LogP contribution in [0.15, 0.2) is 54.6 Å². The minimum Gasteiger partial charge on any atom is -0.507 e. The number of phenolic OH excluding ortho intramolecular Hbond substituents is 1. The molecule has 0 spiro atoms. The Labute approximate surface area is 402 Å². The zero-order valence-electron chi connectivity index (χ0n) is 36.9. The quantitative estimate of drug-likeness (QED) is 0.0752. The van der Waals surface area contributed by atoms with Gasteiger partial charge in [-0.3, -0.25) is 9.80 Å². The molecular formula is C48H49Cl3N4O10S. The Hall–Kier alpha value is -4.79. The van der Waals surface area contributed by atoms with Crippen molar-refractivity contribution in [2.24, 2.45) is 0 Å². The molecule has 1 aliphatic carbocycles. The first-order valence-corrected chi connectivity index (χ1v) is 23.8. The van der Waals surface area contributed by atoms with E-state index in [4.69, 9.17) is 68.0 Å². The summed E-state index contributed by atoms with van der Waals surface area (Å²) in [5, 5.41) is 25.8. The van der Waals surface area contributed by atoms with E-state index in [1.165, 1.54) is 22.9 Å². The number of rotatable bonds is 13. The van der Waals surface area contributed by atoms with E-state index in [9.17, 15) is 20.0 Å². The van der Waals surface area contributed by atoms with Crippen LogP contribution in [0.1, 0.15) is 62.5 Å². The molecule has 5 aliphatic rings. The van der Waals surface area contributed by atoms with Crippen molar-refractivity contribution in [1.82, 2.24) is 15.1 Å². The Balaban J connectivity index is 1.06. The lowest BCUT2D eigenvalue weighted by atomic mass is 9.71. The molecule has 1 amide bonds. The second-order valence-corrected chi connectivity index (χ2v) is 20.7. The van der Waals surface area contributed by atoms with E-state index in [-0.39, 0.29) is 49.7 Å². The fourth-order valence-corrected chi connectivity index (χ4v) is 12.1. The number of likely N-dealkylation sites (N-methyl/N-ethyl adjacent to an activating group) is 1. The normalized spacial score (nSPS) is 21.9.